The average Bonchev–Trinajstić information content (AvgIpc) is 2.64. The predicted molar refractivity (Wildman–Crippen MR) is 107 cm³/mol. The van der Waals surface area contributed by atoms with Gasteiger partial charge in [-0.2, -0.15) is 0 Å². The van der Waals surface area contributed by atoms with E-state index in [2.05, 4.69) is 18.0 Å². The maximum atomic E-state index is 11.9. The van der Waals surface area contributed by atoms with Gasteiger partial charge in [0, 0.05) is 5.57 Å². The highest BCUT2D eigenvalue weighted by molar-refractivity contribution is 7.46. The number of unbranched alkanes of at least 4 members (excludes halogenated alkanes) is 7. The van der Waals surface area contributed by atoms with E-state index in [1.165, 1.54) is 32.6 Å². The number of aliphatic hydroxyl groups is 1. The SMILES string of the molecule is C=C(C)C(=O)OC(CCCCCCCCCC)COC(=O)C(CO)OP(=O)(O)O. The third kappa shape index (κ3) is 15.3. The second kappa shape index (κ2) is 15.6. The first-order valence-corrected chi connectivity index (χ1v) is 11.5. The van der Waals surface area contributed by atoms with Crippen LogP contribution in [0.25, 0.3) is 0 Å². The van der Waals surface area contributed by atoms with Crippen LogP contribution in [0.1, 0.15) is 71.6 Å². The van der Waals surface area contributed by atoms with Gasteiger partial charge in [-0.05, 0) is 19.8 Å². The topological polar surface area (TPSA) is 140 Å². The fraction of sp³-hybridized carbons (Fsp3) is 0.789. The molecule has 0 aliphatic heterocycles. The minimum absolute atomic E-state index is 0.204. The monoisotopic (exact) mass is 438 g/mol. The Balaban J connectivity index is 4.49. The van der Waals surface area contributed by atoms with Crippen molar-refractivity contribution in [2.45, 2.75) is 83.8 Å². The van der Waals surface area contributed by atoms with Gasteiger partial charge in [0.2, 0.25) is 0 Å². The molecule has 0 fully saturated rings. The molecule has 29 heavy (non-hydrogen) atoms. The van der Waals surface area contributed by atoms with Gasteiger partial charge in [-0.1, -0.05) is 58.4 Å². The van der Waals surface area contributed by atoms with Gasteiger partial charge in [-0.3, -0.25) is 4.52 Å². The highest BCUT2D eigenvalue weighted by atomic mass is 31.2. The summed E-state index contributed by atoms with van der Waals surface area (Å²) in [5, 5.41) is 9.05. The summed E-state index contributed by atoms with van der Waals surface area (Å²) in [6.07, 6.45) is 6.70. The van der Waals surface area contributed by atoms with Crippen LogP contribution in [0.3, 0.4) is 0 Å². The van der Waals surface area contributed by atoms with E-state index in [4.69, 9.17) is 24.4 Å². The van der Waals surface area contributed by atoms with Gasteiger partial charge in [0.15, 0.2) is 6.10 Å². The van der Waals surface area contributed by atoms with Gasteiger partial charge in [0.05, 0.1) is 6.61 Å². The molecule has 0 aliphatic carbocycles. The fourth-order valence-corrected chi connectivity index (χ4v) is 3.00. The maximum Gasteiger partial charge on any atom is 0.470 e. The average molecular weight is 438 g/mol. The molecule has 0 rings (SSSR count). The van der Waals surface area contributed by atoms with E-state index in [0.717, 1.165) is 25.7 Å². The van der Waals surface area contributed by atoms with E-state index in [1.807, 2.05) is 0 Å². The largest absolute Gasteiger partial charge is 0.470 e. The summed E-state index contributed by atoms with van der Waals surface area (Å²) in [7, 11) is -4.97. The Morgan fingerprint density at radius 1 is 1.03 bits per heavy atom. The number of ether oxygens (including phenoxy) is 2. The Morgan fingerprint density at radius 2 is 1.59 bits per heavy atom. The Labute approximate surface area is 172 Å². The van der Waals surface area contributed by atoms with Crippen molar-refractivity contribution in [3.63, 3.8) is 0 Å². The van der Waals surface area contributed by atoms with E-state index in [-0.39, 0.29) is 12.2 Å². The molecule has 10 heteroatoms. The summed E-state index contributed by atoms with van der Waals surface area (Å²) in [5.74, 6) is -1.76. The van der Waals surface area contributed by atoms with Crippen molar-refractivity contribution in [2.75, 3.05) is 13.2 Å². The zero-order chi connectivity index (χ0) is 22.3. The van der Waals surface area contributed by atoms with Crippen molar-refractivity contribution in [1.29, 1.82) is 0 Å². The molecule has 0 bridgehead atoms. The molecular formula is C19H35O9P. The molecule has 0 aromatic heterocycles. The molecule has 0 aromatic rings. The smallest absolute Gasteiger partial charge is 0.460 e. The molecule has 0 radical (unpaired) electrons. The third-order valence-corrected chi connectivity index (χ3v) is 4.64. The summed E-state index contributed by atoms with van der Waals surface area (Å²) in [6, 6.07) is 0. The van der Waals surface area contributed by atoms with Crippen molar-refractivity contribution in [1.82, 2.24) is 0 Å². The van der Waals surface area contributed by atoms with Crippen LogP contribution < -0.4 is 0 Å². The second-order valence-electron chi connectivity index (χ2n) is 6.97. The number of phosphoric acid groups is 1. The number of phosphoric ester groups is 1. The zero-order valence-electron chi connectivity index (χ0n) is 17.4. The van der Waals surface area contributed by atoms with Crippen molar-refractivity contribution >= 4 is 19.8 Å². The summed E-state index contributed by atoms with van der Waals surface area (Å²) >= 11 is 0. The standard InChI is InChI=1S/C19H35O9P/c1-4-5-6-7-8-9-10-11-12-16(27-18(21)15(2)3)14-26-19(22)17(13-20)28-29(23,24)25/h16-17,20H,2,4-14H2,1,3H3,(H2,23,24,25). The minimum atomic E-state index is -4.97. The quantitative estimate of drug-likeness (QED) is 0.135. The van der Waals surface area contributed by atoms with E-state index in [1.54, 1.807) is 0 Å². The summed E-state index contributed by atoms with van der Waals surface area (Å²) < 4.78 is 25.2. The first kappa shape index (κ1) is 27.8. The normalized spacial score (nSPS) is 13.6. The molecular weight excluding hydrogens is 403 g/mol. The summed E-state index contributed by atoms with van der Waals surface area (Å²) in [5.41, 5.74) is 0.204. The number of rotatable bonds is 17. The molecule has 0 aromatic carbocycles. The van der Waals surface area contributed by atoms with Crippen LogP contribution in [0, 0.1) is 0 Å². The lowest BCUT2D eigenvalue weighted by atomic mass is 10.1. The van der Waals surface area contributed by atoms with E-state index < -0.39 is 38.6 Å². The lowest BCUT2D eigenvalue weighted by Crippen LogP contribution is -2.33. The lowest BCUT2D eigenvalue weighted by molar-refractivity contribution is -0.163. The van der Waals surface area contributed by atoms with E-state index >= 15 is 0 Å². The number of hydrogen-bond donors (Lipinski definition) is 3. The molecule has 0 heterocycles. The van der Waals surface area contributed by atoms with Crippen LogP contribution in [0.15, 0.2) is 12.2 Å². The molecule has 0 aliphatic rings. The maximum absolute atomic E-state index is 11.9. The van der Waals surface area contributed by atoms with Crippen molar-refractivity contribution in [3.8, 4) is 0 Å². The van der Waals surface area contributed by atoms with Crippen molar-refractivity contribution in [3.05, 3.63) is 12.2 Å². The van der Waals surface area contributed by atoms with Crippen LogP contribution in [0.4, 0.5) is 0 Å². The van der Waals surface area contributed by atoms with Crippen molar-refractivity contribution in [2.24, 2.45) is 0 Å². The highest BCUT2D eigenvalue weighted by Gasteiger charge is 2.30. The van der Waals surface area contributed by atoms with Crippen molar-refractivity contribution < 1.29 is 43.0 Å². The second-order valence-corrected chi connectivity index (χ2v) is 8.16. The predicted octanol–water partition coefficient (Wildman–Crippen LogP) is 3.02. The number of aliphatic hydroxyl groups excluding tert-OH is 1. The summed E-state index contributed by atoms with van der Waals surface area (Å²) in [4.78, 5) is 41.2. The van der Waals surface area contributed by atoms with Crippen LogP contribution in [0.5, 0.6) is 0 Å². The number of carbonyl (C=O) groups is 2. The van der Waals surface area contributed by atoms with Gasteiger partial charge < -0.3 is 24.4 Å². The number of carbonyl (C=O) groups excluding carboxylic acids is 2. The highest BCUT2D eigenvalue weighted by Crippen LogP contribution is 2.37. The minimum Gasteiger partial charge on any atom is -0.460 e. The Morgan fingerprint density at radius 3 is 2.07 bits per heavy atom. The van der Waals surface area contributed by atoms with Gasteiger partial charge in [-0.15, -0.1) is 0 Å². The molecule has 9 nitrogen and oxygen atoms in total. The Hall–Kier alpha value is -1.25. The van der Waals surface area contributed by atoms with Crippen LogP contribution >= 0.6 is 7.82 Å². The Kier molecular flexibility index (Phi) is 14.9. The van der Waals surface area contributed by atoms with Crippen LogP contribution in [-0.4, -0.2) is 52.3 Å². The molecule has 170 valence electrons. The number of hydrogen-bond acceptors (Lipinski definition) is 7. The van der Waals surface area contributed by atoms with Gasteiger partial charge in [0.1, 0.15) is 12.7 Å². The van der Waals surface area contributed by atoms with Gasteiger partial charge in [-0.25, -0.2) is 14.2 Å². The summed E-state index contributed by atoms with van der Waals surface area (Å²) in [6.45, 7) is 5.90. The first-order valence-electron chi connectivity index (χ1n) is 9.98. The van der Waals surface area contributed by atoms with Crippen LogP contribution in [-0.2, 0) is 28.2 Å². The fourth-order valence-electron chi connectivity index (χ4n) is 2.52. The van der Waals surface area contributed by atoms with Gasteiger partial charge in [0.25, 0.3) is 0 Å². The molecule has 0 saturated carbocycles. The van der Waals surface area contributed by atoms with Crippen LogP contribution in [0.2, 0.25) is 0 Å². The van der Waals surface area contributed by atoms with E-state index in [9.17, 15) is 14.2 Å². The zero-order valence-corrected chi connectivity index (χ0v) is 18.3. The Bertz CT molecular complexity index is 544. The van der Waals surface area contributed by atoms with Gasteiger partial charge >= 0.3 is 19.8 Å². The lowest BCUT2D eigenvalue weighted by Gasteiger charge is -2.20. The number of esters is 2. The molecule has 2 atom stereocenters. The van der Waals surface area contributed by atoms with E-state index in [0.29, 0.717) is 6.42 Å². The third-order valence-electron chi connectivity index (χ3n) is 4.11. The molecule has 3 N–H and O–H groups in total. The first-order chi connectivity index (χ1) is 13.6. The molecule has 2 unspecified atom stereocenters. The molecule has 0 saturated heterocycles. The molecule has 0 amide bonds. The molecule has 0 spiro atoms.